The molecule has 0 saturated carbocycles. The highest BCUT2D eigenvalue weighted by Gasteiger charge is 2.14. The number of hydrogen-bond acceptors (Lipinski definition) is 4. The summed E-state index contributed by atoms with van der Waals surface area (Å²) in [6.45, 7) is 6.39. The van der Waals surface area contributed by atoms with Crippen LogP contribution >= 0.6 is 0 Å². The summed E-state index contributed by atoms with van der Waals surface area (Å²) in [4.78, 5) is 35.0. The predicted molar refractivity (Wildman–Crippen MR) is 86.6 cm³/mol. The van der Waals surface area contributed by atoms with Crippen LogP contribution in [0, 0.1) is 0 Å². The highest BCUT2D eigenvalue weighted by molar-refractivity contribution is 5.78. The van der Waals surface area contributed by atoms with E-state index in [1.807, 2.05) is 19.9 Å². The summed E-state index contributed by atoms with van der Waals surface area (Å²) in [5.41, 5.74) is 0.469. The van der Waals surface area contributed by atoms with Gasteiger partial charge in [0.1, 0.15) is 5.82 Å². The molecule has 0 unspecified atom stereocenters. The lowest BCUT2D eigenvalue weighted by atomic mass is 10.2. The number of likely N-dealkylation sites (N-methyl/N-ethyl adjacent to an activating group) is 2. The molecule has 6 nitrogen and oxygen atoms in total. The number of carbonyl (C=O) groups excluding carboxylic acids is 1. The SMILES string of the molecule is CCN(CC)CC(=O)N(C)Cc1nc2ccccc2c(=O)[nH]1. The van der Waals surface area contributed by atoms with Crippen molar-refractivity contribution in [3.05, 3.63) is 40.4 Å². The van der Waals surface area contributed by atoms with E-state index in [9.17, 15) is 9.59 Å². The monoisotopic (exact) mass is 302 g/mol. The normalized spacial score (nSPS) is 11.1. The van der Waals surface area contributed by atoms with Gasteiger partial charge >= 0.3 is 0 Å². The number of aromatic amines is 1. The van der Waals surface area contributed by atoms with Crippen molar-refractivity contribution < 1.29 is 4.79 Å². The lowest BCUT2D eigenvalue weighted by Gasteiger charge is -2.22. The summed E-state index contributed by atoms with van der Waals surface area (Å²) in [5, 5.41) is 0.559. The number of fused-ring (bicyclic) bond motifs is 1. The van der Waals surface area contributed by atoms with Crippen molar-refractivity contribution in [2.75, 3.05) is 26.7 Å². The summed E-state index contributed by atoms with van der Waals surface area (Å²) >= 11 is 0. The topological polar surface area (TPSA) is 69.3 Å². The summed E-state index contributed by atoms with van der Waals surface area (Å²) in [6, 6.07) is 7.18. The number of carbonyl (C=O) groups is 1. The van der Waals surface area contributed by atoms with Gasteiger partial charge in [0.15, 0.2) is 0 Å². The summed E-state index contributed by atoms with van der Waals surface area (Å²) in [5.74, 6) is 0.513. The molecule has 1 amide bonds. The van der Waals surface area contributed by atoms with Gasteiger partial charge in [-0.3, -0.25) is 14.5 Å². The average molecular weight is 302 g/mol. The molecule has 0 aliphatic rings. The highest BCUT2D eigenvalue weighted by Crippen LogP contribution is 2.06. The molecule has 0 spiro atoms. The molecule has 1 aromatic carbocycles. The Labute approximate surface area is 129 Å². The first-order chi connectivity index (χ1) is 10.5. The van der Waals surface area contributed by atoms with Crippen LogP contribution in [0.1, 0.15) is 19.7 Å². The zero-order valence-electron chi connectivity index (χ0n) is 13.3. The van der Waals surface area contributed by atoms with Crippen LogP contribution < -0.4 is 5.56 Å². The predicted octanol–water partition coefficient (Wildman–Crippen LogP) is 1.22. The van der Waals surface area contributed by atoms with E-state index in [1.54, 1.807) is 30.1 Å². The van der Waals surface area contributed by atoms with Crippen LogP contribution in [0.5, 0.6) is 0 Å². The summed E-state index contributed by atoms with van der Waals surface area (Å²) < 4.78 is 0. The molecule has 0 aliphatic heterocycles. The molecule has 0 aliphatic carbocycles. The average Bonchev–Trinajstić information content (AvgIpc) is 2.52. The van der Waals surface area contributed by atoms with Crippen molar-refractivity contribution >= 4 is 16.8 Å². The molecule has 0 saturated heterocycles. The summed E-state index contributed by atoms with van der Waals surface area (Å²) in [6.07, 6.45) is 0. The highest BCUT2D eigenvalue weighted by atomic mass is 16.2. The van der Waals surface area contributed by atoms with Crippen LogP contribution in [-0.4, -0.2) is 52.4 Å². The molecule has 2 aromatic rings. The maximum atomic E-state index is 12.2. The minimum Gasteiger partial charge on any atom is -0.337 e. The van der Waals surface area contributed by atoms with Crippen molar-refractivity contribution in [3.8, 4) is 0 Å². The zero-order valence-corrected chi connectivity index (χ0v) is 13.3. The molecular weight excluding hydrogens is 280 g/mol. The van der Waals surface area contributed by atoms with E-state index in [4.69, 9.17) is 0 Å². The first-order valence-corrected chi connectivity index (χ1v) is 7.49. The minimum absolute atomic E-state index is 0.0134. The number of aromatic nitrogens is 2. The van der Waals surface area contributed by atoms with Gasteiger partial charge in [0.25, 0.3) is 5.56 Å². The molecule has 2 rings (SSSR count). The van der Waals surface area contributed by atoms with Crippen molar-refractivity contribution in [1.29, 1.82) is 0 Å². The number of nitrogens with zero attached hydrogens (tertiary/aromatic N) is 3. The van der Waals surface area contributed by atoms with Crippen molar-refractivity contribution in [3.63, 3.8) is 0 Å². The van der Waals surface area contributed by atoms with Gasteiger partial charge in [0.05, 0.1) is 24.0 Å². The number of rotatable bonds is 6. The van der Waals surface area contributed by atoms with Crippen LogP contribution in [0.3, 0.4) is 0 Å². The smallest absolute Gasteiger partial charge is 0.258 e. The van der Waals surface area contributed by atoms with Crippen molar-refractivity contribution in [1.82, 2.24) is 19.8 Å². The van der Waals surface area contributed by atoms with Gasteiger partial charge in [-0.1, -0.05) is 26.0 Å². The van der Waals surface area contributed by atoms with Crippen LogP contribution in [0.2, 0.25) is 0 Å². The Morgan fingerprint density at radius 1 is 1.23 bits per heavy atom. The fourth-order valence-electron chi connectivity index (χ4n) is 2.28. The van der Waals surface area contributed by atoms with Gasteiger partial charge < -0.3 is 9.88 Å². The molecule has 1 heterocycles. The van der Waals surface area contributed by atoms with E-state index in [0.29, 0.717) is 29.8 Å². The first kappa shape index (κ1) is 16.2. The molecule has 0 fully saturated rings. The molecule has 1 N–H and O–H groups in total. The van der Waals surface area contributed by atoms with E-state index in [-0.39, 0.29) is 11.5 Å². The van der Waals surface area contributed by atoms with E-state index < -0.39 is 0 Å². The largest absolute Gasteiger partial charge is 0.337 e. The van der Waals surface area contributed by atoms with Gasteiger partial charge in [-0.2, -0.15) is 0 Å². The number of hydrogen-bond donors (Lipinski definition) is 1. The quantitative estimate of drug-likeness (QED) is 0.871. The Hall–Kier alpha value is -2.21. The Morgan fingerprint density at radius 2 is 1.91 bits per heavy atom. The van der Waals surface area contributed by atoms with Gasteiger partial charge in [0.2, 0.25) is 5.91 Å². The second-order valence-corrected chi connectivity index (χ2v) is 5.24. The fraction of sp³-hybridized carbons (Fsp3) is 0.438. The maximum absolute atomic E-state index is 12.2. The van der Waals surface area contributed by atoms with Crippen molar-refractivity contribution in [2.45, 2.75) is 20.4 Å². The third kappa shape index (κ3) is 3.71. The van der Waals surface area contributed by atoms with E-state index in [2.05, 4.69) is 14.9 Å². The van der Waals surface area contributed by atoms with Gasteiger partial charge in [-0.25, -0.2) is 4.98 Å². The maximum Gasteiger partial charge on any atom is 0.258 e. The van der Waals surface area contributed by atoms with E-state index >= 15 is 0 Å². The molecular formula is C16H22N4O2. The molecule has 6 heteroatoms. The second kappa shape index (κ2) is 7.17. The van der Waals surface area contributed by atoms with Gasteiger partial charge in [-0.15, -0.1) is 0 Å². The Balaban J connectivity index is 2.13. The molecule has 1 aromatic heterocycles. The van der Waals surface area contributed by atoms with E-state index in [1.165, 1.54) is 0 Å². The second-order valence-electron chi connectivity index (χ2n) is 5.24. The molecule has 0 radical (unpaired) electrons. The minimum atomic E-state index is -0.176. The van der Waals surface area contributed by atoms with Crippen LogP contribution in [0.25, 0.3) is 10.9 Å². The number of benzene rings is 1. The third-order valence-electron chi connectivity index (χ3n) is 3.73. The molecule has 118 valence electrons. The molecule has 0 atom stereocenters. The fourth-order valence-corrected chi connectivity index (χ4v) is 2.28. The molecule has 0 bridgehead atoms. The standard InChI is InChI=1S/C16H22N4O2/c1-4-20(5-2)11-15(21)19(3)10-14-17-13-9-7-6-8-12(13)16(22)18-14/h6-9H,4-5,10-11H2,1-3H3,(H,17,18,22). The zero-order chi connectivity index (χ0) is 16.1. The van der Waals surface area contributed by atoms with Gasteiger partial charge in [-0.05, 0) is 25.2 Å². The Kier molecular flexibility index (Phi) is 5.27. The Morgan fingerprint density at radius 3 is 2.59 bits per heavy atom. The van der Waals surface area contributed by atoms with Gasteiger partial charge in [0, 0.05) is 7.05 Å². The number of amides is 1. The van der Waals surface area contributed by atoms with Crippen LogP contribution in [-0.2, 0) is 11.3 Å². The van der Waals surface area contributed by atoms with Crippen molar-refractivity contribution in [2.24, 2.45) is 0 Å². The lowest BCUT2D eigenvalue weighted by Crippen LogP contribution is -2.38. The van der Waals surface area contributed by atoms with E-state index in [0.717, 1.165) is 13.1 Å². The first-order valence-electron chi connectivity index (χ1n) is 7.49. The Bertz CT molecular complexity index is 707. The lowest BCUT2D eigenvalue weighted by molar-refractivity contribution is -0.131. The van der Waals surface area contributed by atoms with Crippen LogP contribution in [0.4, 0.5) is 0 Å². The third-order valence-corrected chi connectivity index (χ3v) is 3.73. The molecule has 22 heavy (non-hydrogen) atoms. The number of H-pyrrole nitrogens is 1. The number of para-hydroxylation sites is 1. The number of nitrogens with one attached hydrogen (secondary N) is 1. The van der Waals surface area contributed by atoms with Crippen LogP contribution in [0.15, 0.2) is 29.1 Å². The summed E-state index contributed by atoms with van der Waals surface area (Å²) in [7, 11) is 1.72.